The molecule has 0 saturated carbocycles. The van der Waals surface area contributed by atoms with Gasteiger partial charge in [0, 0.05) is 13.3 Å². The molecule has 4 rings (SSSR count). The van der Waals surface area contributed by atoms with Crippen LogP contribution in [0.1, 0.15) is 19.4 Å². The average molecular weight is 462 g/mol. The van der Waals surface area contributed by atoms with Gasteiger partial charge in [-0.25, -0.2) is 9.78 Å². The first-order valence-electron chi connectivity index (χ1n) is 10.5. The lowest BCUT2D eigenvalue weighted by Crippen LogP contribution is -2.41. The van der Waals surface area contributed by atoms with Crippen molar-refractivity contribution in [3.05, 3.63) is 58.4 Å². The number of amides is 1. The Morgan fingerprint density at radius 2 is 1.94 bits per heavy atom. The molecule has 0 fully saturated rings. The number of carboxylic acid groups (broad SMARTS) is 1. The molecule has 11 nitrogen and oxygen atoms in total. The summed E-state index contributed by atoms with van der Waals surface area (Å²) in [6, 6.07) is 11.8. The van der Waals surface area contributed by atoms with Gasteiger partial charge in [0.05, 0.1) is 12.2 Å². The van der Waals surface area contributed by atoms with Crippen LogP contribution < -0.4 is 15.6 Å². The van der Waals surface area contributed by atoms with Gasteiger partial charge >= 0.3 is 5.97 Å². The first kappa shape index (κ1) is 22.6. The van der Waals surface area contributed by atoms with E-state index in [0.29, 0.717) is 23.7 Å². The number of aromatic nitrogens is 5. The van der Waals surface area contributed by atoms with Crippen molar-refractivity contribution in [2.24, 2.45) is 0 Å². The zero-order chi connectivity index (χ0) is 24.2. The molecule has 1 amide bonds. The number of carboxylic acids is 1. The third-order valence-electron chi connectivity index (χ3n) is 5.11. The van der Waals surface area contributed by atoms with E-state index in [1.807, 2.05) is 37.3 Å². The quantitative estimate of drug-likeness (QED) is 0.308. The van der Waals surface area contributed by atoms with Crippen molar-refractivity contribution in [2.45, 2.75) is 26.3 Å². The molecule has 11 heteroatoms. The fourth-order valence-electron chi connectivity index (χ4n) is 3.62. The van der Waals surface area contributed by atoms with Gasteiger partial charge in [-0.2, -0.15) is 5.21 Å². The first-order chi connectivity index (χ1) is 16.4. The van der Waals surface area contributed by atoms with Crippen LogP contribution >= 0.6 is 0 Å². The molecule has 0 radical (unpaired) electrons. The van der Waals surface area contributed by atoms with Crippen LogP contribution in [-0.4, -0.2) is 55.0 Å². The molecule has 1 atom stereocenters. The highest BCUT2D eigenvalue weighted by molar-refractivity contribution is 5.82. The van der Waals surface area contributed by atoms with Crippen molar-refractivity contribution in [1.29, 1.82) is 0 Å². The van der Waals surface area contributed by atoms with Crippen LogP contribution in [0.5, 0.6) is 5.75 Å². The summed E-state index contributed by atoms with van der Waals surface area (Å²) in [4.78, 5) is 42.2. The number of ether oxygens (including phenoxy) is 1. The normalized spacial score (nSPS) is 11.8. The summed E-state index contributed by atoms with van der Waals surface area (Å²) in [7, 11) is 0. The number of hydrogen-bond donors (Lipinski definition) is 4. The Morgan fingerprint density at radius 3 is 2.68 bits per heavy atom. The van der Waals surface area contributed by atoms with E-state index in [1.54, 1.807) is 12.1 Å². The number of aliphatic carboxylic acids is 1. The molecule has 4 aromatic rings. The summed E-state index contributed by atoms with van der Waals surface area (Å²) in [5, 5.41) is 21.9. The molecule has 34 heavy (non-hydrogen) atoms. The minimum absolute atomic E-state index is 0.120. The summed E-state index contributed by atoms with van der Waals surface area (Å²) in [6.07, 6.45) is 0.141. The summed E-state index contributed by atoms with van der Waals surface area (Å²) in [5.74, 6) is -0.696. The van der Waals surface area contributed by atoms with Gasteiger partial charge in [-0.1, -0.05) is 30.3 Å². The Labute approximate surface area is 193 Å². The second-order valence-electron chi connectivity index (χ2n) is 7.55. The van der Waals surface area contributed by atoms with Gasteiger partial charge in [0.15, 0.2) is 5.52 Å². The van der Waals surface area contributed by atoms with Crippen molar-refractivity contribution >= 4 is 23.0 Å². The number of fused-ring (bicyclic) bond motifs is 1. The van der Waals surface area contributed by atoms with Crippen molar-refractivity contribution in [2.75, 3.05) is 6.61 Å². The maximum absolute atomic E-state index is 12.3. The van der Waals surface area contributed by atoms with Gasteiger partial charge in [-0.3, -0.25) is 9.59 Å². The topological polar surface area (TPSA) is 163 Å². The highest BCUT2D eigenvalue weighted by Crippen LogP contribution is 2.33. The molecule has 0 aliphatic heterocycles. The third-order valence-corrected chi connectivity index (χ3v) is 5.11. The maximum atomic E-state index is 12.3. The lowest BCUT2D eigenvalue weighted by atomic mass is 9.98. The van der Waals surface area contributed by atoms with Crippen LogP contribution in [0, 0.1) is 0 Å². The van der Waals surface area contributed by atoms with E-state index in [4.69, 9.17) is 4.74 Å². The number of nitrogens with one attached hydrogen (secondary N) is 3. The van der Waals surface area contributed by atoms with E-state index in [-0.39, 0.29) is 17.6 Å². The Morgan fingerprint density at radius 1 is 1.15 bits per heavy atom. The Kier molecular flexibility index (Phi) is 6.35. The first-order valence-corrected chi connectivity index (χ1v) is 10.5. The lowest BCUT2D eigenvalue weighted by Gasteiger charge is -2.15. The van der Waals surface area contributed by atoms with E-state index >= 15 is 0 Å². The second-order valence-corrected chi connectivity index (χ2v) is 7.55. The Hall–Kier alpha value is -4.54. The number of hydrogen-bond acceptors (Lipinski definition) is 7. The Bertz CT molecular complexity index is 1430. The van der Waals surface area contributed by atoms with Crippen molar-refractivity contribution in [3.63, 3.8) is 0 Å². The number of aromatic amines is 2. The summed E-state index contributed by atoms with van der Waals surface area (Å²) < 4.78 is 5.83. The van der Waals surface area contributed by atoms with Gasteiger partial charge in [0.1, 0.15) is 17.6 Å². The van der Waals surface area contributed by atoms with E-state index in [9.17, 15) is 19.5 Å². The lowest BCUT2D eigenvalue weighted by molar-refractivity contribution is -0.141. The molecule has 0 saturated heterocycles. The van der Waals surface area contributed by atoms with Gasteiger partial charge in [-0.15, -0.1) is 10.2 Å². The third kappa shape index (κ3) is 4.77. The largest absolute Gasteiger partial charge is 0.493 e. The monoisotopic (exact) mass is 462 g/mol. The summed E-state index contributed by atoms with van der Waals surface area (Å²) >= 11 is 0. The highest BCUT2D eigenvalue weighted by Gasteiger charge is 2.19. The Balaban J connectivity index is 1.69. The van der Waals surface area contributed by atoms with E-state index in [0.717, 1.165) is 16.7 Å². The minimum Gasteiger partial charge on any atom is -0.493 e. The number of carbonyl (C=O) groups is 2. The zero-order valence-electron chi connectivity index (χ0n) is 18.5. The molecule has 2 heterocycles. The van der Waals surface area contributed by atoms with Crippen molar-refractivity contribution in [1.82, 2.24) is 30.7 Å². The molecule has 0 unspecified atom stereocenters. The number of nitrogens with zero attached hydrogens (tertiary/aromatic N) is 3. The average Bonchev–Trinajstić information content (AvgIpc) is 3.28. The number of rotatable bonds is 8. The molecule has 2 aromatic carbocycles. The molecule has 0 aliphatic carbocycles. The van der Waals surface area contributed by atoms with Gasteiger partial charge < -0.3 is 20.1 Å². The second kappa shape index (κ2) is 9.53. The van der Waals surface area contributed by atoms with Crippen LogP contribution in [0.2, 0.25) is 0 Å². The molecule has 0 bridgehead atoms. The minimum atomic E-state index is -1.10. The van der Waals surface area contributed by atoms with E-state index < -0.39 is 23.5 Å². The summed E-state index contributed by atoms with van der Waals surface area (Å²) in [6.45, 7) is 3.53. The highest BCUT2D eigenvalue weighted by atomic mass is 16.5. The summed E-state index contributed by atoms with van der Waals surface area (Å²) in [5.41, 5.74) is 2.90. The molecule has 2 aromatic heterocycles. The van der Waals surface area contributed by atoms with Crippen LogP contribution in [0.4, 0.5) is 0 Å². The van der Waals surface area contributed by atoms with E-state index in [1.165, 1.54) is 6.92 Å². The predicted molar refractivity (Wildman–Crippen MR) is 123 cm³/mol. The molecular weight excluding hydrogens is 440 g/mol. The number of benzene rings is 2. The molecule has 0 spiro atoms. The molecule has 0 aliphatic rings. The number of carbonyl (C=O) groups excluding carboxylic acids is 1. The number of H-pyrrole nitrogens is 2. The van der Waals surface area contributed by atoms with Crippen LogP contribution in [0.25, 0.3) is 33.7 Å². The fourth-order valence-corrected chi connectivity index (χ4v) is 3.62. The van der Waals surface area contributed by atoms with Crippen LogP contribution in [-0.2, 0) is 16.0 Å². The fraction of sp³-hybridized carbons (Fsp3) is 0.217. The van der Waals surface area contributed by atoms with Crippen molar-refractivity contribution < 1.29 is 19.4 Å². The van der Waals surface area contributed by atoms with Crippen LogP contribution in [0.15, 0.2) is 47.3 Å². The smallest absolute Gasteiger partial charge is 0.326 e. The zero-order valence-corrected chi connectivity index (χ0v) is 18.5. The van der Waals surface area contributed by atoms with E-state index in [2.05, 4.69) is 30.7 Å². The van der Waals surface area contributed by atoms with Gasteiger partial charge in [-0.05, 0) is 35.7 Å². The molecular formula is C23H22N6O5. The standard InChI is InChI=1S/C23H22N6O5/c1-3-34-18-11-15(7-8-16(18)20-25-21-19(22(31)26-20)27-29-28-21)14-6-4-5-13(9-14)10-17(23(32)33)24-12(2)30/h4-9,11,17H,3,10H2,1-2H3,(H,24,30)(H,32,33)(H2,25,26,27,28,29,31)/t17-/m0/s1. The van der Waals surface area contributed by atoms with Gasteiger partial charge in [0.2, 0.25) is 11.6 Å². The maximum Gasteiger partial charge on any atom is 0.326 e. The van der Waals surface area contributed by atoms with Gasteiger partial charge in [0.25, 0.3) is 5.56 Å². The predicted octanol–water partition coefficient (Wildman–Crippen LogP) is 1.91. The SMILES string of the molecule is CCOc1cc(-c2cccc(C[C@H](NC(C)=O)C(=O)O)c2)ccc1-c1nc2n[nH]nc2c(=O)[nH]1. The molecule has 4 N–H and O–H groups in total. The molecule has 174 valence electrons. The van der Waals surface area contributed by atoms with Crippen molar-refractivity contribution in [3.8, 4) is 28.3 Å². The van der Waals surface area contributed by atoms with Crippen LogP contribution in [0.3, 0.4) is 0 Å².